The summed E-state index contributed by atoms with van der Waals surface area (Å²) in [5.74, 6) is -1.15. The zero-order valence-electron chi connectivity index (χ0n) is 28.1. The Morgan fingerprint density at radius 1 is 1.04 bits per heavy atom. The van der Waals surface area contributed by atoms with E-state index in [1.165, 1.54) is 20.7 Å². The number of carbonyl (C=O) groups excluding carboxylic acids is 4. The first-order valence-corrected chi connectivity index (χ1v) is 17.0. The molecule has 0 bridgehead atoms. The third-order valence-corrected chi connectivity index (χ3v) is 8.78. The van der Waals surface area contributed by atoms with Gasteiger partial charge in [-0.15, -0.1) is 5.06 Å². The molecule has 51 heavy (non-hydrogen) atoms. The number of aliphatic carboxylic acids is 1. The van der Waals surface area contributed by atoms with Crippen LogP contribution in [0.3, 0.4) is 0 Å². The normalized spacial score (nSPS) is 18.3. The number of aromatic nitrogens is 4. The van der Waals surface area contributed by atoms with Crippen LogP contribution in [-0.2, 0) is 24.0 Å². The molecule has 1 aliphatic carbocycles. The molecule has 2 aromatic heterocycles. The fourth-order valence-electron chi connectivity index (χ4n) is 5.99. The van der Waals surface area contributed by atoms with E-state index in [0.29, 0.717) is 36.3 Å². The lowest BCUT2D eigenvalue weighted by Crippen LogP contribution is -2.55. The number of likely N-dealkylation sites (tertiary alicyclic amines) is 1. The minimum atomic E-state index is -1.18. The van der Waals surface area contributed by atoms with Crippen LogP contribution in [0.2, 0.25) is 0 Å². The van der Waals surface area contributed by atoms with Gasteiger partial charge in [-0.25, -0.2) is 9.48 Å². The third kappa shape index (κ3) is 8.80. The van der Waals surface area contributed by atoms with Crippen LogP contribution >= 0.6 is 0 Å². The van der Waals surface area contributed by atoms with Gasteiger partial charge in [0.25, 0.3) is 11.8 Å². The summed E-state index contributed by atoms with van der Waals surface area (Å²) in [5, 5.41) is 21.9. The molecular formula is C33H40N8O10. The number of ether oxygens (including phenoxy) is 2. The molecule has 6 rings (SSSR count). The summed E-state index contributed by atoms with van der Waals surface area (Å²) in [6.07, 6.45) is 2.11. The van der Waals surface area contributed by atoms with Crippen LogP contribution < -0.4 is 10.1 Å². The van der Waals surface area contributed by atoms with Crippen molar-refractivity contribution in [3.8, 4) is 11.6 Å². The number of nitrogens with one attached hydrogen (secondary N) is 1. The molecule has 18 heteroatoms. The number of para-hydroxylation sites is 1. The molecule has 1 aromatic carbocycles. The molecule has 4 heterocycles. The topological polar surface area (TPSA) is 212 Å². The van der Waals surface area contributed by atoms with E-state index >= 15 is 0 Å². The van der Waals surface area contributed by atoms with Crippen molar-refractivity contribution in [3.05, 3.63) is 53.8 Å². The molecule has 0 spiro atoms. The highest BCUT2D eigenvalue weighted by atomic mass is 16.8. The third-order valence-electron chi connectivity index (χ3n) is 8.78. The summed E-state index contributed by atoms with van der Waals surface area (Å²) in [5.41, 5.74) is 0.442. The van der Waals surface area contributed by atoms with Gasteiger partial charge in [-0.1, -0.05) is 23.4 Å². The Kier molecular flexibility index (Phi) is 11.1. The van der Waals surface area contributed by atoms with E-state index in [9.17, 15) is 29.1 Å². The van der Waals surface area contributed by atoms with Crippen molar-refractivity contribution >= 4 is 29.8 Å². The maximum absolute atomic E-state index is 13.6. The van der Waals surface area contributed by atoms with E-state index < -0.39 is 30.0 Å². The van der Waals surface area contributed by atoms with Gasteiger partial charge in [-0.05, 0) is 51.2 Å². The number of carbonyl (C=O) groups is 5. The lowest BCUT2D eigenvalue weighted by Gasteiger charge is -2.35. The standard InChI is InChI=1S/C33H40N8O10/c1-2-48-33(47)51-39-17-15-38(16-18-39)32(46)23(12-13-28(43)44)34-30(45)24-19-27(41(36-24)22-7-4-3-5-8-22)49-20-26(42)40-14-6-9-25(40)31-35-29(37-50-31)21-10-11-21/h3-5,7-8,19,21,23,25H,2,6,9-18,20H2,1H3,(H,34,45)(H,43,44)/t23-,25-/m0/s1. The Balaban J connectivity index is 1.13. The quantitative estimate of drug-likeness (QED) is 0.230. The molecule has 272 valence electrons. The van der Waals surface area contributed by atoms with E-state index in [2.05, 4.69) is 20.6 Å². The molecule has 1 saturated carbocycles. The van der Waals surface area contributed by atoms with Gasteiger partial charge in [0.05, 0.1) is 25.4 Å². The Labute approximate surface area is 292 Å². The van der Waals surface area contributed by atoms with E-state index in [4.69, 9.17) is 18.8 Å². The number of hydroxylamine groups is 2. The van der Waals surface area contributed by atoms with Gasteiger partial charge in [0.1, 0.15) is 12.1 Å². The highest BCUT2D eigenvalue weighted by Gasteiger charge is 2.37. The van der Waals surface area contributed by atoms with Crippen LogP contribution in [0.1, 0.15) is 79.6 Å². The van der Waals surface area contributed by atoms with Crippen molar-refractivity contribution in [2.24, 2.45) is 0 Å². The Hall–Kier alpha value is -5.52. The first-order valence-electron chi connectivity index (χ1n) is 17.0. The van der Waals surface area contributed by atoms with Crippen LogP contribution in [0.4, 0.5) is 4.79 Å². The first kappa shape index (κ1) is 35.3. The van der Waals surface area contributed by atoms with E-state index in [1.807, 2.05) is 6.07 Å². The van der Waals surface area contributed by atoms with Crippen LogP contribution in [-0.4, -0.2) is 122 Å². The van der Waals surface area contributed by atoms with E-state index in [-0.39, 0.29) is 75.8 Å². The van der Waals surface area contributed by atoms with E-state index in [0.717, 1.165) is 19.3 Å². The summed E-state index contributed by atoms with van der Waals surface area (Å²) in [6, 6.07) is 8.69. The molecule has 18 nitrogen and oxygen atoms in total. The van der Waals surface area contributed by atoms with Crippen molar-refractivity contribution in [1.29, 1.82) is 0 Å². The minimum absolute atomic E-state index is 0.107. The van der Waals surface area contributed by atoms with Crippen LogP contribution in [0.25, 0.3) is 5.69 Å². The highest BCUT2D eigenvalue weighted by Crippen LogP contribution is 2.39. The van der Waals surface area contributed by atoms with Crippen molar-refractivity contribution in [1.82, 2.24) is 40.1 Å². The lowest BCUT2D eigenvalue weighted by molar-refractivity contribution is -0.157. The second-order valence-electron chi connectivity index (χ2n) is 12.4. The molecule has 3 fully saturated rings. The van der Waals surface area contributed by atoms with Crippen molar-refractivity contribution in [2.45, 2.75) is 63.5 Å². The second kappa shape index (κ2) is 16.0. The Morgan fingerprint density at radius 3 is 2.51 bits per heavy atom. The number of carboxylic acids is 1. The maximum atomic E-state index is 13.6. The molecule has 2 saturated heterocycles. The van der Waals surface area contributed by atoms with Gasteiger partial charge in [0.15, 0.2) is 18.1 Å². The lowest BCUT2D eigenvalue weighted by atomic mass is 10.1. The number of piperazine rings is 1. The van der Waals surface area contributed by atoms with Gasteiger partial charge in [-0.2, -0.15) is 10.1 Å². The zero-order valence-corrected chi connectivity index (χ0v) is 28.1. The number of amides is 3. The molecule has 3 aliphatic rings. The predicted molar refractivity (Wildman–Crippen MR) is 173 cm³/mol. The maximum Gasteiger partial charge on any atom is 0.527 e. The SMILES string of the molecule is CCOC(=O)ON1CCN(C(=O)[C@H](CCC(=O)O)NC(=O)c2cc(OCC(=O)N3CCC[C@H]3c3nc(C4CC4)no3)n(-c3ccccc3)n2)CC1. The first-order chi connectivity index (χ1) is 24.7. The Morgan fingerprint density at radius 2 is 1.80 bits per heavy atom. The predicted octanol–water partition coefficient (Wildman–Crippen LogP) is 2.07. The molecular weight excluding hydrogens is 668 g/mol. The average molecular weight is 709 g/mol. The van der Waals surface area contributed by atoms with Gasteiger partial charge >= 0.3 is 12.1 Å². The average Bonchev–Trinajstić information content (AvgIpc) is 3.48. The zero-order chi connectivity index (χ0) is 35.9. The van der Waals surface area contributed by atoms with Crippen LogP contribution in [0.5, 0.6) is 5.88 Å². The van der Waals surface area contributed by atoms with Gasteiger partial charge < -0.3 is 39.1 Å². The summed E-state index contributed by atoms with van der Waals surface area (Å²) in [4.78, 5) is 76.4. The van der Waals surface area contributed by atoms with E-state index in [1.54, 1.807) is 36.1 Å². The molecule has 3 aromatic rings. The smallest absolute Gasteiger partial charge is 0.481 e. The molecule has 2 aliphatic heterocycles. The summed E-state index contributed by atoms with van der Waals surface area (Å²) >= 11 is 0. The monoisotopic (exact) mass is 708 g/mol. The number of hydrogen-bond donors (Lipinski definition) is 2. The Bertz CT molecular complexity index is 1720. The van der Waals surface area contributed by atoms with Gasteiger partial charge in [0.2, 0.25) is 17.7 Å². The summed E-state index contributed by atoms with van der Waals surface area (Å²) in [7, 11) is 0. The van der Waals surface area contributed by atoms with Crippen LogP contribution in [0.15, 0.2) is 40.9 Å². The van der Waals surface area contributed by atoms with Crippen molar-refractivity contribution in [3.63, 3.8) is 0 Å². The van der Waals surface area contributed by atoms with Crippen molar-refractivity contribution < 1.29 is 47.9 Å². The fraction of sp³-hybridized carbons (Fsp3) is 0.515. The summed E-state index contributed by atoms with van der Waals surface area (Å²) in [6.45, 7) is 2.66. The number of nitrogens with zero attached hydrogens (tertiary/aromatic N) is 7. The summed E-state index contributed by atoms with van der Waals surface area (Å²) < 4.78 is 17.6. The molecule has 3 amide bonds. The molecule has 0 unspecified atom stereocenters. The number of rotatable bonds is 14. The fourth-order valence-corrected chi connectivity index (χ4v) is 5.99. The second-order valence-corrected chi connectivity index (χ2v) is 12.4. The highest BCUT2D eigenvalue weighted by molar-refractivity contribution is 5.96. The molecule has 0 radical (unpaired) electrons. The largest absolute Gasteiger partial charge is 0.527 e. The van der Waals surface area contributed by atoms with Crippen LogP contribution in [0, 0.1) is 0 Å². The van der Waals surface area contributed by atoms with Crippen molar-refractivity contribution in [2.75, 3.05) is 45.9 Å². The van der Waals surface area contributed by atoms with Gasteiger partial charge in [0, 0.05) is 38.0 Å². The number of carboxylic acid groups (broad SMARTS) is 1. The van der Waals surface area contributed by atoms with Gasteiger partial charge in [-0.3, -0.25) is 19.2 Å². The number of benzene rings is 1. The molecule has 2 N–H and O–H groups in total. The minimum Gasteiger partial charge on any atom is -0.481 e. The number of hydrogen-bond acceptors (Lipinski definition) is 13. The molecule has 2 atom stereocenters.